The number of imidazole rings is 1. The lowest BCUT2D eigenvalue weighted by molar-refractivity contribution is 0.0892. The highest BCUT2D eigenvalue weighted by atomic mass is 35.5. The summed E-state index contributed by atoms with van der Waals surface area (Å²) in [6, 6.07) is 10.1. The molecule has 0 saturated carbocycles. The summed E-state index contributed by atoms with van der Waals surface area (Å²) in [6.45, 7) is 3.14. The van der Waals surface area contributed by atoms with Gasteiger partial charge in [-0.3, -0.25) is 9.69 Å². The molecule has 2 heterocycles. The fraction of sp³-hybridized carbons (Fsp3) is 0.318. The molecule has 0 bridgehead atoms. The third kappa shape index (κ3) is 4.50. The van der Waals surface area contributed by atoms with E-state index in [1.54, 1.807) is 42.3 Å². The van der Waals surface area contributed by atoms with Gasteiger partial charge in [-0.15, -0.1) is 0 Å². The van der Waals surface area contributed by atoms with Gasteiger partial charge in [0, 0.05) is 29.9 Å². The number of carbonyl (C=O) groups excluding carboxylic acids is 2. The topological polar surface area (TPSA) is 96.6 Å². The highest BCUT2D eigenvalue weighted by Crippen LogP contribution is 2.25. The first-order chi connectivity index (χ1) is 15.0. The van der Waals surface area contributed by atoms with E-state index in [0.717, 1.165) is 28.7 Å². The van der Waals surface area contributed by atoms with Crippen LogP contribution in [-0.2, 0) is 9.47 Å². The van der Waals surface area contributed by atoms with Crippen LogP contribution < -0.4 is 10.2 Å². The monoisotopic (exact) mass is 442 g/mol. The van der Waals surface area contributed by atoms with Crippen molar-refractivity contribution in [3.05, 3.63) is 58.4 Å². The van der Waals surface area contributed by atoms with Crippen LogP contribution in [0.2, 0.25) is 5.02 Å². The summed E-state index contributed by atoms with van der Waals surface area (Å²) in [6.07, 6.45) is 0.408. The van der Waals surface area contributed by atoms with Gasteiger partial charge in [0.1, 0.15) is 11.9 Å². The van der Waals surface area contributed by atoms with Gasteiger partial charge in [0.05, 0.1) is 24.2 Å². The minimum absolute atomic E-state index is 0.246. The number of ether oxygens (including phenoxy) is 2. The van der Waals surface area contributed by atoms with Crippen molar-refractivity contribution in [3.63, 3.8) is 0 Å². The van der Waals surface area contributed by atoms with Crippen LogP contribution in [0.3, 0.4) is 0 Å². The SMILES string of the molecule is COCC(NC(=O)c1ccc(N2CCCOC2=O)c(C)c1)c1nc2ccc(Cl)cc2[nH]1. The zero-order valence-electron chi connectivity index (χ0n) is 17.3. The lowest BCUT2D eigenvalue weighted by Gasteiger charge is -2.27. The van der Waals surface area contributed by atoms with Crippen LogP contribution in [0.4, 0.5) is 10.5 Å². The number of benzene rings is 2. The fourth-order valence-corrected chi connectivity index (χ4v) is 3.81. The molecular weight excluding hydrogens is 420 g/mol. The van der Waals surface area contributed by atoms with Gasteiger partial charge in [-0.25, -0.2) is 9.78 Å². The summed E-state index contributed by atoms with van der Waals surface area (Å²) in [5.74, 6) is 0.313. The summed E-state index contributed by atoms with van der Waals surface area (Å²) >= 11 is 6.05. The molecule has 162 valence electrons. The number of aryl methyl sites for hydroxylation is 1. The number of rotatable bonds is 6. The molecule has 1 aliphatic rings. The Hall–Kier alpha value is -3.10. The van der Waals surface area contributed by atoms with E-state index in [0.29, 0.717) is 29.6 Å². The van der Waals surface area contributed by atoms with E-state index < -0.39 is 6.04 Å². The maximum atomic E-state index is 12.9. The molecule has 1 atom stereocenters. The van der Waals surface area contributed by atoms with Crippen LogP contribution >= 0.6 is 11.6 Å². The van der Waals surface area contributed by atoms with E-state index in [-0.39, 0.29) is 18.6 Å². The Morgan fingerprint density at radius 1 is 1.35 bits per heavy atom. The lowest BCUT2D eigenvalue weighted by Crippen LogP contribution is -2.38. The molecule has 8 nitrogen and oxygen atoms in total. The number of H-pyrrole nitrogens is 1. The number of aromatic amines is 1. The maximum Gasteiger partial charge on any atom is 0.414 e. The molecule has 1 aromatic heterocycles. The first-order valence-electron chi connectivity index (χ1n) is 9.96. The Balaban J connectivity index is 1.54. The van der Waals surface area contributed by atoms with Crippen molar-refractivity contribution in [1.29, 1.82) is 0 Å². The van der Waals surface area contributed by atoms with Gasteiger partial charge in [0.2, 0.25) is 0 Å². The number of carbonyl (C=O) groups is 2. The van der Waals surface area contributed by atoms with Crippen molar-refractivity contribution in [2.75, 3.05) is 31.8 Å². The number of cyclic esters (lactones) is 1. The van der Waals surface area contributed by atoms with E-state index >= 15 is 0 Å². The zero-order chi connectivity index (χ0) is 22.0. The molecule has 3 aromatic rings. The molecule has 2 amide bonds. The molecule has 0 aliphatic carbocycles. The van der Waals surface area contributed by atoms with Gasteiger partial charge in [-0.1, -0.05) is 11.6 Å². The van der Waals surface area contributed by atoms with Crippen molar-refractivity contribution >= 4 is 40.3 Å². The molecule has 0 spiro atoms. The van der Waals surface area contributed by atoms with Gasteiger partial charge in [-0.05, 0) is 55.3 Å². The average molecular weight is 443 g/mol. The number of methoxy groups -OCH3 is 1. The number of aromatic nitrogens is 2. The quantitative estimate of drug-likeness (QED) is 0.601. The average Bonchev–Trinajstić information content (AvgIpc) is 3.17. The van der Waals surface area contributed by atoms with E-state index in [1.807, 2.05) is 13.0 Å². The van der Waals surface area contributed by atoms with Crippen LogP contribution in [0.25, 0.3) is 11.0 Å². The Morgan fingerprint density at radius 3 is 2.94 bits per heavy atom. The number of amides is 2. The predicted octanol–water partition coefficient (Wildman–Crippen LogP) is 3.99. The predicted molar refractivity (Wildman–Crippen MR) is 118 cm³/mol. The smallest absolute Gasteiger partial charge is 0.414 e. The second-order valence-corrected chi connectivity index (χ2v) is 7.82. The van der Waals surface area contributed by atoms with Crippen LogP contribution in [0.5, 0.6) is 0 Å². The summed E-state index contributed by atoms with van der Waals surface area (Å²) < 4.78 is 10.4. The van der Waals surface area contributed by atoms with Gasteiger partial charge in [-0.2, -0.15) is 0 Å². The minimum Gasteiger partial charge on any atom is -0.449 e. The molecule has 2 N–H and O–H groups in total. The van der Waals surface area contributed by atoms with Crippen LogP contribution in [-0.4, -0.2) is 48.8 Å². The third-order valence-electron chi connectivity index (χ3n) is 5.15. The van der Waals surface area contributed by atoms with Gasteiger partial charge >= 0.3 is 6.09 Å². The van der Waals surface area contributed by atoms with E-state index in [2.05, 4.69) is 15.3 Å². The zero-order valence-corrected chi connectivity index (χ0v) is 18.0. The van der Waals surface area contributed by atoms with Crippen LogP contribution in [0, 0.1) is 6.92 Å². The Kier molecular flexibility index (Phi) is 6.11. The second-order valence-electron chi connectivity index (χ2n) is 7.39. The van der Waals surface area contributed by atoms with Crippen molar-refractivity contribution in [1.82, 2.24) is 15.3 Å². The molecule has 1 saturated heterocycles. The van der Waals surface area contributed by atoms with Crippen molar-refractivity contribution in [2.45, 2.75) is 19.4 Å². The first kappa shape index (κ1) is 21.1. The minimum atomic E-state index is -0.472. The molecular formula is C22H23ClN4O4. The molecule has 1 aliphatic heterocycles. The van der Waals surface area contributed by atoms with Crippen molar-refractivity contribution in [3.8, 4) is 0 Å². The normalized spacial score (nSPS) is 15.1. The first-order valence-corrected chi connectivity index (χ1v) is 10.3. The standard InChI is InChI=1S/C22H23ClN4O4/c1-13-10-14(4-7-19(13)27-8-3-9-31-22(27)29)21(28)26-18(12-30-2)20-24-16-6-5-15(23)11-17(16)25-20/h4-7,10-11,18H,3,8-9,12H2,1-2H3,(H,24,25)(H,26,28). The highest BCUT2D eigenvalue weighted by Gasteiger charge is 2.24. The van der Waals surface area contributed by atoms with Gasteiger partial charge < -0.3 is 19.8 Å². The number of hydrogen-bond acceptors (Lipinski definition) is 5. The molecule has 4 rings (SSSR count). The number of halogens is 1. The summed E-state index contributed by atoms with van der Waals surface area (Å²) in [4.78, 5) is 34.3. The largest absolute Gasteiger partial charge is 0.449 e. The molecule has 1 unspecified atom stereocenters. The maximum absolute atomic E-state index is 12.9. The molecule has 0 radical (unpaired) electrons. The fourth-order valence-electron chi connectivity index (χ4n) is 3.63. The van der Waals surface area contributed by atoms with Crippen molar-refractivity contribution in [2.24, 2.45) is 0 Å². The van der Waals surface area contributed by atoms with Gasteiger partial charge in [0.15, 0.2) is 0 Å². The Labute approximate surface area is 184 Å². The molecule has 1 fully saturated rings. The summed E-state index contributed by atoms with van der Waals surface area (Å²) in [5, 5.41) is 3.57. The molecule has 31 heavy (non-hydrogen) atoms. The number of fused-ring (bicyclic) bond motifs is 1. The summed E-state index contributed by atoms with van der Waals surface area (Å²) in [7, 11) is 1.56. The Bertz CT molecular complexity index is 1130. The van der Waals surface area contributed by atoms with Gasteiger partial charge in [0.25, 0.3) is 5.91 Å². The van der Waals surface area contributed by atoms with Crippen LogP contribution in [0.1, 0.15) is 34.2 Å². The van der Waals surface area contributed by atoms with Crippen molar-refractivity contribution < 1.29 is 19.1 Å². The molecule has 9 heteroatoms. The third-order valence-corrected chi connectivity index (χ3v) is 5.39. The van der Waals surface area contributed by atoms with E-state index in [1.165, 1.54) is 0 Å². The molecule has 2 aromatic carbocycles. The number of nitrogens with one attached hydrogen (secondary N) is 2. The lowest BCUT2D eigenvalue weighted by atomic mass is 10.1. The van der Waals surface area contributed by atoms with E-state index in [4.69, 9.17) is 21.1 Å². The van der Waals surface area contributed by atoms with Crippen LogP contribution in [0.15, 0.2) is 36.4 Å². The summed E-state index contributed by atoms with van der Waals surface area (Å²) in [5.41, 5.74) is 3.57. The number of hydrogen-bond donors (Lipinski definition) is 2. The second kappa shape index (κ2) is 8.95. The highest BCUT2D eigenvalue weighted by molar-refractivity contribution is 6.31. The number of nitrogens with zero attached hydrogens (tertiary/aromatic N) is 2. The van der Waals surface area contributed by atoms with E-state index in [9.17, 15) is 9.59 Å². The number of anilines is 1. The Morgan fingerprint density at radius 2 is 2.19 bits per heavy atom.